The van der Waals surface area contributed by atoms with Gasteiger partial charge < -0.3 is 5.11 Å². The van der Waals surface area contributed by atoms with Gasteiger partial charge in [-0.2, -0.15) is 0 Å². The third-order valence-electron chi connectivity index (χ3n) is 3.85. The Hall–Kier alpha value is -0.570. The minimum absolute atomic E-state index is 0.168. The Bertz CT molecular complexity index is 240. The number of carboxylic acid groups (broad SMARTS) is 1. The molecule has 1 aliphatic rings. The average Bonchev–Trinajstić information content (AvgIpc) is 2.17. The number of hydrogen-bond donors (Lipinski definition) is 1. The fraction of sp³-hybridized carbons (Fsp3) is 0.923. The van der Waals surface area contributed by atoms with E-state index in [2.05, 4.69) is 32.6 Å². The van der Waals surface area contributed by atoms with E-state index < -0.39 is 5.97 Å². The van der Waals surface area contributed by atoms with Crippen LogP contribution >= 0.6 is 0 Å². The average molecular weight is 227 g/mol. The second kappa shape index (κ2) is 5.67. The van der Waals surface area contributed by atoms with Gasteiger partial charge in [0.05, 0.1) is 5.92 Å². The molecule has 0 aliphatic heterocycles. The first-order valence-electron chi connectivity index (χ1n) is 6.45. The third-order valence-corrected chi connectivity index (χ3v) is 3.85. The Morgan fingerprint density at radius 2 is 2.06 bits per heavy atom. The van der Waals surface area contributed by atoms with Crippen LogP contribution in [0.5, 0.6) is 0 Å². The van der Waals surface area contributed by atoms with Crippen molar-refractivity contribution in [2.24, 2.45) is 11.8 Å². The summed E-state index contributed by atoms with van der Waals surface area (Å²) < 4.78 is 0. The highest BCUT2D eigenvalue weighted by atomic mass is 16.4. The van der Waals surface area contributed by atoms with Crippen molar-refractivity contribution in [2.75, 3.05) is 6.54 Å². The molecule has 1 aliphatic carbocycles. The summed E-state index contributed by atoms with van der Waals surface area (Å²) in [6.07, 6.45) is 2.93. The summed E-state index contributed by atoms with van der Waals surface area (Å²) in [6, 6.07) is 0.661. The molecule has 3 unspecified atom stereocenters. The summed E-state index contributed by atoms with van der Waals surface area (Å²) in [5, 5.41) is 9.29. The Morgan fingerprint density at radius 3 is 2.50 bits per heavy atom. The summed E-state index contributed by atoms with van der Waals surface area (Å²) in [7, 11) is 0. The van der Waals surface area contributed by atoms with Gasteiger partial charge in [-0.05, 0) is 45.6 Å². The topological polar surface area (TPSA) is 40.5 Å². The predicted octanol–water partition coefficient (Wildman–Crippen LogP) is 2.61. The van der Waals surface area contributed by atoms with Crippen molar-refractivity contribution in [3.63, 3.8) is 0 Å². The highest BCUT2D eigenvalue weighted by molar-refractivity contribution is 5.71. The van der Waals surface area contributed by atoms with E-state index in [0.29, 0.717) is 12.0 Å². The van der Waals surface area contributed by atoms with Gasteiger partial charge >= 0.3 is 5.97 Å². The molecular formula is C13H25NO2. The van der Waals surface area contributed by atoms with Crippen LogP contribution in [0.25, 0.3) is 0 Å². The van der Waals surface area contributed by atoms with Crippen molar-refractivity contribution in [3.8, 4) is 0 Å². The van der Waals surface area contributed by atoms with E-state index in [0.717, 1.165) is 25.8 Å². The molecule has 1 N–H and O–H groups in total. The number of nitrogens with zero attached hydrogens (tertiary/aromatic N) is 1. The van der Waals surface area contributed by atoms with Crippen LogP contribution in [-0.4, -0.2) is 34.6 Å². The summed E-state index contributed by atoms with van der Waals surface area (Å²) in [5.41, 5.74) is 0. The first-order chi connectivity index (χ1) is 7.47. The van der Waals surface area contributed by atoms with Crippen LogP contribution in [0.2, 0.25) is 0 Å². The molecule has 0 spiro atoms. The minimum atomic E-state index is -0.615. The minimum Gasteiger partial charge on any atom is -0.481 e. The zero-order chi connectivity index (χ0) is 12.3. The normalized spacial score (nSPS) is 31.0. The molecule has 1 fully saturated rings. The predicted molar refractivity (Wildman–Crippen MR) is 65.4 cm³/mol. The molecule has 3 heteroatoms. The van der Waals surface area contributed by atoms with E-state index in [9.17, 15) is 9.90 Å². The molecule has 0 radical (unpaired) electrons. The van der Waals surface area contributed by atoms with Gasteiger partial charge in [-0.15, -0.1) is 0 Å². The van der Waals surface area contributed by atoms with Crippen molar-refractivity contribution < 1.29 is 9.90 Å². The van der Waals surface area contributed by atoms with E-state index in [1.54, 1.807) is 0 Å². The largest absolute Gasteiger partial charge is 0.481 e. The molecule has 16 heavy (non-hydrogen) atoms. The Kier molecular flexibility index (Phi) is 4.78. The quantitative estimate of drug-likeness (QED) is 0.802. The number of carboxylic acids is 1. The molecule has 1 rings (SSSR count). The van der Waals surface area contributed by atoms with Gasteiger partial charge in [0.25, 0.3) is 0 Å². The molecule has 0 saturated heterocycles. The number of carbonyl (C=O) groups is 1. The summed E-state index contributed by atoms with van der Waals surface area (Å²) >= 11 is 0. The molecule has 0 bridgehead atoms. The van der Waals surface area contributed by atoms with E-state index in [4.69, 9.17) is 0 Å². The van der Waals surface area contributed by atoms with E-state index >= 15 is 0 Å². The van der Waals surface area contributed by atoms with Crippen LogP contribution in [0.4, 0.5) is 0 Å². The van der Waals surface area contributed by atoms with Crippen molar-refractivity contribution in [1.29, 1.82) is 0 Å². The first kappa shape index (κ1) is 13.5. The summed E-state index contributed by atoms with van der Waals surface area (Å²) in [6.45, 7) is 9.61. The smallest absolute Gasteiger partial charge is 0.308 e. The lowest BCUT2D eigenvalue weighted by atomic mass is 9.78. The molecule has 0 aromatic carbocycles. The van der Waals surface area contributed by atoms with E-state index in [1.807, 2.05) is 0 Å². The SMILES string of the molecule is CCN(C(C)C)C1CC(C)CCC1C(=O)O. The summed E-state index contributed by atoms with van der Waals surface area (Å²) in [4.78, 5) is 13.6. The highest BCUT2D eigenvalue weighted by Crippen LogP contribution is 2.33. The molecule has 0 aromatic heterocycles. The second-order valence-electron chi connectivity index (χ2n) is 5.35. The maximum absolute atomic E-state index is 11.3. The lowest BCUT2D eigenvalue weighted by Gasteiger charge is -2.42. The van der Waals surface area contributed by atoms with Crippen LogP contribution in [-0.2, 0) is 4.79 Å². The molecule has 0 amide bonds. The van der Waals surface area contributed by atoms with Crippen LogP contribution in [0.1, 0.15) is 47.0 Å². The number of rotatable bonds is 4. The highest BCUT2D eigenvalue weighted by Gasteiger charge is 2.37. The fourth-order valence-electron chi connectivity index (χ4n) is 2.99. The Balaban J connectivity index is 2.81. The number of hydrogen-bond acceptors (Lipinski definition) is 2. The van der Waals surface area contributed by atoms with Gasteiger partial charge in [-0.3, -0.25) is 9.69 Å². The van der Waals surface area contributed by atoms with Gasteiger partial charge in [0, 0.05) is 12.1 Å². The maximum atomic E-state index is 11.3. The van der Waals surface area contributed by atoms with E-state index in [-0.39, 0.29) is 12.0 Å². The second-order valence-corrected chi connectivity index (χ2v) is 5.35. The van der Waals surface area contributed by atoms with Gasteiger partial charge in [-0.1, -0.05) is 13.8 Å². The van der Waals surface area contributed by atoms with Gasteiger partial charge in [-0.25, -0.2) is 0 Å². The maximum Gasteiger partial charge on any atom is 0.308 e. The summed E-state index contributed by atoms with van der Waals surface area (Å²) in [5.74, 6) is -0.122. The monoisotopic (exact) mass is 227 g/mol. The lowest BCUT2D eigenvalue weighted by Crippen LogP contribution is -2.49. The molecule has 3 nitrogen and oxygen atoms in total. The van der Waals surface area contributed by atoms with E-state index in [1.165, 1.54) is 0 Å². The van der Waals surface area contributed by atoms with Crippen LogP contribution in [0.15, 0.2) is 0 Å². The van der Waals surface area contributed by atoms with Gasteiger partial charge in [0.15, 0.2) is 0 Å². The molecule has 0 heterocycles. The fourth-order valence-corrected chi connectivity index (χ4v) is 2.99. The van der Waals surface area contributed by atoms with Crippen LogP contribution in [0, 0.1) is 11.8 Å². The number of aliphatic carboxylic acids is 1. The lowest BCUT2D eigenvalue weighted by molar-refractivity contribution is -0.146. The molecule has 3 atom stereocenters. The standard InChI is InChI=1S/C13H25NO2/c1-5-14(9(2)3)12-8-10(4)6-7-11(12)13(15)16/h9-12H,5-8H2,1-4H3,(H,15,16). The molecule has 0 aromatic rings. The van der Waals surface area contributed by atoms with Crippen molar-refractivity contribution in [2.45, 2.75) is 59.0 Å². The molecule has 1 saturated carbocycles. The Morgan fingerprint density at radius 1 is 1.44 bits per heavy atom. The molecule has 94 valence electrons. The zero-order valence-electron chi connectivity index (χ0n) is 10.9. The van der Waals surface area contributed by atoms with Crippen molar-refractivity contribution >= 4 is 5.97 Å². The molecular weight excluding hydrogens is 202 g/mol. The third kappa shape index (κ3) is 2.97. The first-order valence-corrected chi connectivity index (χ1v) is 6.45. The van der Waals surface area contributed by atoms with Crippen LogP contribution < -0.4 is 0 Å². The van der Waals surface area contributed by atoms with Gasteiger partial charge in [0.2, 0.25) is 0 Å². The van der Waals surface area contributed by atoms with Crippen molar-refractivity contribution in [1.82, 2.24) is 4.90 Å². The Labute approximate surface area is 98.8 Å². The van der Waals surface area contributed by atoms with Crippen molar-refractivity contribution in [3.05, 3.63) is 0 Å². The van der Waals surface area contributed by atoms with Crippen LogP contribution in [0.3, 0.4) is 0 Å². The van der Waals surface area contributed by atoms with Gasteiger partial charge in [0.1, 0.15) is 0 Å². The zero-order valence-corrected chi connectivity index (χ0v) is 10.9.